The molecule has 3 N–H and O–H groups in total. The van der Waals surface area contributed by atoms with Crippen LogP contribution in [0.4, 0.5) is 0 Å². The number of nitrogens with one attached hydrogen (secondary N) is 1. The molecule has 9 heteroatoms. The van der Waals surface area contributed by atoms with E-state index in [1.165, 1.54) is 7.11 Å². The van der Waals surface area contributed by atoms with E-state index in [1.54, 1.807) is 12.1 Å². The number of hydrogen-bond donors (Lipinski definition) is 2. The Morgan fingerprint density at radius 2 is 1.97 bits per heavy atom. The van der Waals surface area contributed by atoms with Crippen LogP contribution in [0.15, 0.2) is 48.1 Å². The predicted octanol–water partition coefficient (Wildman–Crippen LogP) is 5.03. The zero-order valence-corrected chi connectivity index (χ0v) is 20.2. The number of hydrogen-bond acceptors (Lipinski definition) is 7. The van der Waals surface area contributed by atoms with Gasteiger partial charge >= 0.3 is 5.97 Å². The molecule has 0 atom stereocenters. The molecule has 3 rings (SSSR count). The van der Waals surface area contributed by atoms with Crippen LogP contribution in [0.2, 0.25) is 5.02 Å². The van der Waals surface area contributed by atoms with E-state index in [2.05, 4.69) is 16.6 Å². The third-order valence-electron chi connectivity index (χ3n) is 5.13. The van der Waals surface area contributed by atoms with Gasteiger partial charge in [0, 0.05) is 29.1 Å². The smallest absolute Gasteiger partial charge is 0.305 e. The maximum absolute atomic E-state index is 11.5. The fourth-order valence-corrected chi connectivity index (χ4v) is 3.84. The first-order chi connectivity index (χ1) is 16.4. The van der Waals surface area contributed by atoms with E-state index in [1.807, 2.05) is 38.2 Å². The lowest BCUT2D eigenvalue weighted by Crippen LogP contribution is -2.13. The normalized spacial score (nSPS) is 11.4. The minimum absolute atomic E-state index is 0.116. The maximum atomic E-state index is 11.5. The van der Waals surface area contributed by atoms with Crippen molar-refractivity contribution in [2.45, 2.75) is 26.7 Å². The first-order valence-electron chi connectivity index (χ1n) is 10.8. The number of methoxy groups -OCH3 is 1. The highest BCUT2D eigenvalue weighted by Gasteiger charge is 2.17. The van der Waals surface area contributed by atoms with Gasteiger partial charge in [0.2, 0.25) is 5.90 Å². The fraction of sp³-hybridized carbons (Fsp3) is 0.280. The van der Waals surface area contributed by atoms with Gasteiger partial charge in [-0.3, -0.25) is 4.79 Å². The number of nitrogens with zero attached hydrogens (tertiary/aromatic N) is 1. The molecule has 1 heterocycles. The molecule has 0 spiro atoms. The average molecular weight is 486 g/mol. The Bertz CT molecular complexity index is 1220. The van der Waals surface area contributed by atoms with E-state index in [0.29, 0.717) is 53.8 Å². The van der Waals surface area contributed by atoms with Crippen molar-refractivity contribution < 1.29 is 23.8 Å². The number of para-hydroxylation sites is 1. The lowest BCUT2D eigenvalue weighted by Gasteiger charge is -2.15. The number of benzene rings is 2. The van der Waals surface area contributed by atoms with Crippen molar-refractivity contribution in [2.24, 2.45) is 10.9 Å². The van der Waals surface area contributed by atoms with E-state index < -0.39 is 0 Å². The SMILES string of the molecule is C=C(/N=C(\ON)c1cc(Cl)c(OCC)c(OCC)c1)c1cccc2c(CCC(=O)OC)c[nH]c12. The van der Waals surface area contributed by atoms with Crippen molar-refractivity contribution in [3.05, 3.63) is 64.8 Å². The molecular formula is C25H28ClN3O5. The summed E-state index contributed by atoms with van der Waals surface area (Å²) in [6.07, 6.45) is 2.71. The molecule has 0 aliphatic heterocycles. The average Bonchev–Trinajstić information content (AvgIpc) is 3.26. The second-order valence-corrected chi connectivity index (χ2v) is 7.66. The summed E-state index contributed by atoms with van der Waals surface area (Å²) in [7, 11) is 1.38. The van der Waals surface area contributed by atoms with Gasteiger partial charge in [-0.05, 0) is 38.0 Å². The summed E-state index contributed by atoms with van der Waals surface area (Å²) in [5.41, 5.74) is 3.54. The molecule has 0 fully saturated rings. The second-order valence-electron chi connectivity index (χ2n) is 7.25. The monoisotopic (exact) mass is 485 g/mol. The number of aromatic amines is 1. The molecule has 0 amide bonds. The number of aliphatic imine (C=N–C) groups is 1. The van der Waals surface area contributed by atoms with Gasteiger partial charge < -0.3 is 24.0 Å². The summed E-state index contributed by atoms with van der Waals surface area (Å²) < 4.78 is 16.0. The maximum Gasteiger partial charge on any atom is 0.305 e. The molecule has 0 saturated heterocycles. The van der Waals surface area contributed by atoms with Crippen molar-refractivity contribution in [3.8, 4) is 11.5 Å². The summed E-state index contributed by atoms with van der Waals surface area (Å²) in [6.45, 7) is 8.70. The molecule has 0 saturated carbocycles. The van der Waals surface area contributed by atoms with Crippen molar-refractivity contribution in [3.63, 3.8) is 0 Å². The number of ether oxygens (including phenoxy) is 3. The molecule has 1 aromatic heterocycles. The van der Waals surface area contributed by atoms with Gasteiger partial charge in [-0.1, -0.05) is 36.4 Å². The zero-order valence-electron chi connectivity index (χ0n) is 19.4. The van der Waals surface area contributed by atoms with Crippen LogP contribution in [0.5, 0.6) is 11.5 Å². The molecule has 3 aromatic rings. The van der Waals surface area contributed by atoms with Crippen LogP contribution >= 0.6 is 11.6 Å². The van der Waals surface area contributed by atoms with E-state index in [-0.39, 0.29) is 11.9 Å². The molecule has 8 nitrogen and oxygen atoms in total. The Morgan fingerprint density at radius 3 is 2.65 bits per heavy atom. The highest BCUT2D eigenvalue weighted by molar-refractivity contribution is 6.32. The summed E-state index contributed by atoms with van der Waals surface area (Å²) in [5.74, 6) is 6.32. The van der Waals surface area contributed by atoms with Crippen molar-refractivity contribution >= 4 is 40.1 Å². The van der Waals surface area contributed by atoms with Crippen molar-refractivity contribution in [1.29, 1.82) is 0 Å². The van der Waals surface area contributed by atoms with Crippen molar-refractivity contribution in [1.82, 2.24) is 4.98 Å². The number of nitrogens with two attached hydrogens (primary N) is 1. The minimum Gasteiger partial charge on any atom is -0.490 e. The Hall–Kier alpha value is -3.49. The highest BCUT2D eigenvalue weighted by atomic mass is 35.5. The third-order valence-corrected chi connectivity index (χ3v) is 5.41. The van der Waals surface area contributed by atoms with Gasteiger partial charge in [0.25, 0.3) is 0 Å². The van der Waals surface area contributed by atoms with Crippen LogP contribution in [-0.2, 0) is 20.8 Å². The standard InChI is InChI=1S/C25H28ClN3O5/c1-5-32-21-13-17(12-20(26)24(21)33-6-2)25(34-27)29-15(3)18-8-7-9-19-16(14-28-23(18)19)10-11-22(30)31-4/h7-9,12-14,28H,3,5-6,10-11,27H2,1-2,4H3/b29-25-. The molecule has 0 aliphatic rings. The van der Waals surface area contributed by atoms with Gasteiger partial charge in [0.05, 0.1) is 36.6 Å². The Labute approximate surface area is 203 Å². The minimum atomic E-state index is -0.260. The van der Waals surface area contributed by atoms with Crippen LogP contribution in [0, 0.1) is 0 Å². The number of carbonyl (C=O) groups is 1. The molecular weight excluding hydrogens is 458 g/mol. The van der Waals surface area contributed by atoms with E-state index in [4.69, 9.17) is 36.5 Å². The van der Waals surface area contributed by atoms with Gasteiger partial charge in [0.1, 0.15) is 0 Å². The molecule has 0 radical (unpaired) electrons. The first-order valence-corrected chi connectivity index (χ1v) is 11.2. The summed E-state index contributed by atoms with van der Waals surface area (Å²) in [4.78, 5) is 24.4. The molecule has 2 aromatic carbocycles. The van der Waals surface area contributed by atoms with Crippen LogP contribution < -0.4 is 15.4 Å². The number of H-pyrrole nitrogens is 1. The predicted molar refractivity (Wildman–Crippen MR) is 133 cm³/mol. The highest BCUT2D eigenvalue weighted by Crippen LogP contribution is 2.37. The first kappa shape index (κ1) is 25.1. The van der Waals surface area contributed by atoms with E-state index in [9.17, 15) is 4.79 Å². The lowest BCUT2D eigenvalue weighted by molar-refractivity contribution is -0.140. The molecule has 180 valence electrons. The quantitative estimate of drug-likeness (QED) is 0.180. The number of carbonyl (C=O) groups excluding carboxylic acids is 1. The number of halogens is 1. The fourth-order valence-electron chi connectivity index (χ4n) is 3.58. The van der Waals surface area contributed by atoms with Crippen LogP contribution in [0.3, 0.4) is 0 Å². The lowest BCUT2D eigenvalue weighted by atomic mass is 10.0. The Balaban J connectivity index is 1.96. The number of aromatic nitrogens is 1. The van der Waals surface area contributed by atoms with Gasteiger partial charge in [-0.15, -0.1) is 0 Å². The summed E-state index contributed by atoms with van der Waals surface area (Å²) >= 11 is 6.43. The van der Waals surface area contributed by atoms with E-state index in [0.717, 1.165) is 22.0 Å². The van der Waals surface area contributed by atoms with Crippen LogP contribution in [0.1, 0.15) is 37.0 Å². The Kier molecular flexibility index (Phi) is 8.56. The van der Waals surface area contributed by atoms with E-state index >= 15 is 0 Å². The largest absolute Gasteiger partial charge is 0.490 e. The van der Waals surface area contributed by atoms with Gasteiger partial charge in [0.15, 0.2) is 11.5 Å². The second kappa shape index (κ2) is 11.6. The summed E-state index contributed by atoms with van der Waals surface area (Å²) in [5, 5.41) is 1.32. The molecule has 34 heavy (non-hydrogen) atoms. The number of esters is 1. The molecule has 0 unspecified atom stereocenters. The van der Waals surface area contributed by atoms with Crippen LogP contribution in [0.25, 0.3) is 16.6 Å². The number of aryl methyl sites for hydroxylation is 1. The Morgan fingerprint density at radius 1 is 1.21 bits per heavy atom. The third kappa shape index (κ3) is 5.52. The zero-order chi connectivity index (χ0) is 24.7. The molecule has 0 aliphatic carbocycles. The van der Waals surface area contributed by atoms with Crippen LogP contribution in [-0.4, -0.2) is 37.2 Å². The summed E-state index contributed by atoms with van der Waals surface area (Å²) in [6, 6.07) is 9.12. The van der Waals surface area contributed by atoms with Gasteiger partial charge in [-0.2, -0.15) is 5.90 Å². The number of fused-ring (bicyclic) bond motifs is 1. The number of rotatable bonds is 10. The topological polar surface area (TPSA) is 108 Å². The van der Waals surface area contributed by atoms with Crippen molar-refractivity contribution in [2.75, 3.05) is 20.3 Å². The molecule has 0 bridgehead atoms. The van der Waals surface area contributed by atoms with Gasteiger partial charge in [-0.25, -0.2) is 4.99 Å².